The van der Waals surface area contributed by atoms with Gasteiger partial charge < -0.3 is 9.64 Å². The van der Waals surface area contributed by atoms with E-state index >= 15 is 0 Å². The van der Waals surface area contributed by atoms with Gasteiger partial charge in [0.1, 0.15) is 11.4 Å². The highest BCUT2D eigenvalue weighted by molar-refractivity contribution is 5.47. The van der Waals surface area contributed by atoms with Crippen LogP contribution in [0.3, 0.4) is 0 Å². The molecule has 0 aromatic heterocycles. The van der Waals surface area contributed by atoms with Gasteiger partial charge in [0.05, 0.1) is 18.2 Å². The Morgan fingerprint density at radius 3 is 2.69 bits per heavy atom. The van der Waals surface area contributed by atoms with Crippen LogP contribution in [-0.4, -0.2) is 24.5 Å². The minimum Gasteiger partial charge on any atom is -0.361 e. The molecule has 2 aromatic rings. The Labute approximate surface area is 154 Å². The molecular weight excluding hydrogens is 327 g/mol. The van der Waals surface area contributed by atoms with Gasteiger partial charge in [-0.05, 0) is 80.2 Å². The van der Waals surface area contributed by atoms with Gasteiger partial charge in [-0.15, -0.1) is 0 Å². The average Bonchev–Trinajstić information content (AvgIpc) is 3.45. The van der Waals surface area contributed by atoms with Crippen LogP contribution in [0.4, 0.5) is 4.39 Å². The largest absolute Gasteiger partial charge is 0.361 e. The summed E-state index contributed by atoms with van der Waals surface area (Å²) in [6, 6.07) is 15.4. The molecule has 0 amide bonds. The van der Waals surface area contributed by atoms with Crippen LogP contribution in [0.15, 0.2) is 42.5 Å². The molecule has 1 aliphatic carbocycles. The molecule has 0 bridgehead atoms. The zero-order chi connectivity index (χ0) is 18.1. The molecule has 4 rings (SSSR count). The van der Waals surface area contributed by atoms with Crippen LogP contribution in [-0.2, 0) is 16.9 Å². The van der Waals surface area contributed by atoms with E-state index in [9.17, 15) is 4.39 Å². The Morgan fingerprint density at radius 2 is 2.00 bits per heavy atom. The Kier molecular flexibility index (Phi) is 4.52. The summed E-state index contributed by atoms with van der Waals surface area (Å²) in [6.45, 7) is 1.52. The maximum absolute atomic E-state index is 13.5. The number of ether oxygens (including phenoxy) is 1. The number of hydrogen-bond acceptors (Lipinski definition) is 3. The van der Waals surface area contributed by atoms with Crippen LogP contribution in [0.1, 0.15) is 47.9 Å². The first-order valence-corrected chi connectivity index (χ1v) is 9.26. The minimum atomic E-state index is -0.554. The smallest absolute Gasteiger partial charge is 0.123 e. The molecular formula is C22H23FN2O. The van der Waals surface area contributed by atoms with Crippen molar-refractivity contribution in [3.05, 3.63) is 70.5 Å². The number of benzene rings is 2. The molecule has 134 valence electrons. The second kappa shape index (κ2) is 6.83. The average molecular weight is 350 g/mol. The van der Waals surface area contributed by atoms with Crippen LogP contribution in [0.5, 0.6) is 0 Å². The normalized spacial score (nSPS) is 21.6. The third-order valence-corrected chi connectivity index (χ3v) is 5.66. The zero-order valence-corrected chi connectivity index (χ0v) is 15.0. The highest BCUT2D eigenvalue weighted by atomic mass is 19.1. The van der Waals surface area contributed by atoms with Crippen molar-refractivity contribution in [1.29, 1.82) is 5.26 Å². The van der Waals surface area contributed by atoms with Crippen molar-refractivity contribution in [2.45, 2.75) is 43.9 Å². The molecule has 1 atom stereocenters. The first-order chi connectivity index (χ1) is 12.6. The minimum absolute atomic E-state index is 0.240. The Morgan fingerprint density at radius 1 is 1.23 bits per heavy atom. The van der Waals surface area contributed by atoms with E-state index in [0.29, 0.717) is 12.2 Å². The lowest BCUT2D eigenvalue weighted by Crippen LogP contribution is -2.30. The Balaban J connectivity index is 1.65. The number of hydrogen-bond donors (Lipinski definition) is 0. The van der Waals surface area contributed by atoms with Gasteiger partial charge in [0.2, 0.25) is 0 Å². The van der Waals surface area contributed by atoms with Gasteiger partial charge in [-0.2, -0.15) is 5.26 Å². The molecule has 3 nitrogen and oxygen atoms in total. The molecule has 2 aromatic carbocycles. The fourth-order valence-electron chi connectivity index (χ4n) is 4.04. The van der Waals surface area contributed by atoms with Gasteiger partial charge >= 0.3 is 0 Å². The van der Waals surface area contributed by atoms with E-state index in [2.05, 4.69) is 18.0 Å². The number of nitrogens with zero attached hydrogens (tertiary/aromatic N) is 2. The first-order valence-electron chi connectivity index (χ1n) is 9.26. The summed E-state index contributed by atoms with van der Waals surface area (Å²) in [5.74, 6) is -0.240. The van der Waals surface area contributed by atoms with Crippen molar-refractivity contribution in [2.75, 3.05) is 13.6 Å². The monoisotopic (exact) mass is 350 g/mol. The van der Waals surface area contributed by atoms with E-state index in [-0.39, 0.29) is 5.82 Å². The SMILES string of the molecule is CN(CCC[C@@]1(c2ccc(F)cc2)OCc2cc(C#N)ccc21)C1CC1. The van der Waals surface area contributed by atoms with Crippen LogP contribution in [0, 0.1) is 17.1 Å². The standard InChI is InChI=1S/C22H23FN2O/c1-25(20-8-9-20)12-2-11-22(18-4-6-19(23)7-5-18)21-10-3-16(14-24)13-17(21)15-26-22/h3-7,10,13,20H,2,8-9,11-12,15H2,1H3/t22-/m0/s1. The molecule has 26 heavy (non-hydrogen) atoms. The second-order valence-corrected chi connectivity index (χ2v) is 7.42. The fraction of sp³-hybridized carbons (Fsp3) is 0.409. The molecule has 2 aliphatic rings. The lowest BCUT2D eigenvalue weighted by Gasteiger charge is -2.31. The molecule has 0 spiro atoms. The van der Waals surface area contributed by atoms with E-state index in [0.717, 1.165) is 42.1 Å². The first kappa shape index (κ1) is 17.2. The van der Waals surface area contributed by atoms with Crippen molar-refractivity contribution < 1.29 is 9.13 Å². The quantitative estimate of drug-likeness (QED) is 0.777. The summed E-state index contributed by atoms with van der Waals surface area (Å²) in [6.07, 6.45) is 4.45. The highest BCUT2D eigenvalue weighted by Gasteiger charge is 2.41. The third-order valence-electron chi connectivity index (χ3n) is 5.66. The van der Waals surface area contributed by atoms with E-state index in [4.69, 9.17) is 10.00 Å². The van der Waals surface area contributed by atoms with Crippen molar-refractivity contribution in [2.24, 2.45) is 0 Å². The summed E-state index contributed by atoms with van der Waals surface area (Å²) in [5.41, 5.74) is 3.25. The summed E-state index contributed by atoms with van der Waals surface area (Å²) in [4.78, 5) is 2.42. The highest BCUT2D eigenvalue weighted by Crippen LogP contribution is 2.45. The molecule has 1 aliphatic heterocycles. The Hall–Kier alpha value is -2.22. The number of nitriles is 1. The fourth-order valence-corrected chi connectivity index (χ4v) is 4.04. The van der Waals surface area contributed by atoms with Gasteiger partial charge in [-0.1, -0.05) is 18.2 Å². The summed E-state index contributed by atoms with van der Waals surface area (Å²) >= 11 is 0. The maximum atomic E-state index is 13.5. The van der Waals surface area contributed by atoms with Gasteiger partial charge in [0.15, 0.2) is 0 Å². The molecule has 4 heteroatoms. The summed E-state index contributed by atoms with van der Waals surface area (Å²) in [5, 5.41) is 9.17. The van der Waals surface area contributed by atoms with Crippen LogP contribution in [0.2, 0.25) is 0 Å². The van der Waals surface area contributed by atoms with E-state index < -0.39 is 5.60 Å². The number of halogens is 1. The predicted octanol–water partition coefficient (Wildman–Crippen LogP) is 4.35. The van der Waals surface area contributed by atoms with Crippen molar-refractivity contribution in [3.63, 3.8) is 0 Å². The topological polar surface area (TPSA) is 36.3 Å². The molecule has 1 saturated carbocycles. The number of rotatable bonds is 6. The van der Waals surface area contributed by atoms with Crippen LogP contribution < -0.4 is 0 Å². The molecule has 1 heterocycles. The lowest BCUT2D eigenvalue weighted by atomic mass is 9.81. The maximum Gasteiger partial charge on any atom is 0.123 e. The molecule has 0 radical (unpaired) electrons. The van der Waals surface area contributed by atoms with Crippen molar-refractivity contribution >= 4 is 0 Å². The molecule has 0 saturated heterocycles. The van der Waals surface area contributed by atoms with Gasteiger partial charge in [0, 0.05) is 6.04 Å². The summed E-state index contributed by atoms with van der Waals surface area (Å²) < 4.78 is 19.8. The lowest BCUT2D eigenvalue weighted by molar-refractivity contribution is -0.0143. The third kappa shape index (κ3) is 3.13. The van der Waals surface area contributed by atoms with Crippen molar-refractivity contribution in [3.8, 4) is 6.07 Å². The van der Waals surface area contributed by atoms with Crippen LogP contribution in [0.25, 0.3) is 0 Å². The molecule has 1 fully saturated rings. The van der Waals surface area contributed by atoms with Crippen LogP contribution >= 0.6 is 0 Å². The molecule has 0 unspecified atom stereocenters. The van der Waals surface area contributed by atoms with Gasteiger partial charge in [-0.25, -0.2) is 4.39 Å². The van der Waals surface area contributed by atoms with E-state index in [1.807, 2.05) is 30.3 Å². The summed E-state index contributed by atoms with van der Waals surface area (Å²) in [7, 11) is 2.19. The predicted molar refractivity (Wildman–Crippen MR) is 98.0 cm³/mol. The van der Waals surface area contributed by atoms with Gasteiger partial charge in [-0.3, -0.25) is 0 Å². The second-order valence-electron chi connectivity index (χ2n) is 7.42. The Bertz CT molecular complexity index is 838. The van der Waals surface area contributed by atoms with E-state index in [1.54, 1.807) is 0 Å². The van der Waals surface area contributed by atoms with Crippen molar-refractivity contribution in [1.82, 2.24) is 4.90 Å². The molecule has 0 N–H and O–H groups in total. The van der Waals surface area contributed by atoms with E-state index in [1.165, 1.54) is 25.0 Å². The zero-order valence-electron chi connectivity index (χ0n) is 15.0. The van der Waals surface area contributed by atoms with Gasteiger partial charge in [0.25, 0.3) is 0 Å². The number of fused-ring (bicyclic) bond motifs is 1.